The predicted molar refractivity (Wildman–Crippen MR) is 105 cm³/mol. The van der Waals surface area contributed by atoms with Gasteiger partial charge in [0.25, 0.3) is 3.79 Å². The van der Waals surface area contributed by atoms with Gasteiger partial charge in [-0.2, -0.15) is 0 Å². The molecule has 1 amide bonds. The minimum absolute atomic E-state index is 0.122. The standard InChI is InChI=1S/C19H18Cl3NO4/c1-17(2,3)12-9-10-14-15(11-12)27-19(26-14,18(20,21)22)23-16(24)25-13-7-5-4-6-8-13/h4-11H,1-3H3,(H,23,24). The Hall–Kier alpha value is -1.82. The van der Waals surface area contributed by atoms with Gasteiger partial charge < -0.3 is 14.2 Å². The number of carbonyl (C=O) groups excluding carboxylic acids is 1. The Morgan fingerprint density at radius 2 is 1.63 bits per heavy atom. The third-order valence-corrected chi connectivity index (χ3v) is 4.66. The van der Waals surface area contributed by atoms with E-state index >= 15 is 0 Å². The zero-order valence-corrected chi connectivity index (χ0v) is 17.2. The van der Waals surface area contributed by atoms with E-state index in [-0.39, 0.29) is 5.41 Å². The quantitative estimate of drug-likeness (QED) is 0.633. The summed E-state index contributed by atoms with van der Waals surface area (Å²) in [5.74, 6) is -1.05. The molecule has 1 N–H and O–H groups in total. The molecule has 1 unspecified atom stereocenters. The van der Waals surface area contributed by atoms with Crippen LogP contribution in [0.15, 0.2) is 48.5 Å². The second-order valence-corrected chi connectivity index (χ2v) is 9.34. The third-order valence-electron chi connectivity index (χ3n) is 3.91. The molecular formula is C19H18Cl3NO4. The molecule has 1 atom stereocenters. The van der Waals surface area contributed by atoms with Gasteiger partial charge >= 0.3 is 12.0 Å². The van der Waals surface area contributed by atoms with Gasteiger partial charge in [-0.1, -0.05) is 79.8 Å². The fraction of sp³-hybridized carbons (Fsp3) is 0.316. The lowest BCUT2D eigenvalue weighted by atomic mass is 9.87. The maximum absolute atomic E-state index is 12.3. The molecule has 0 fully saturated rings. The normalized spacial score (nSPS) is 18.9. The Morgan fingerprint density at radius 1 is 1.00 bits per heavy atom. The number of benzene rings is 2. The van der Waals surface area contributed by atoms with Gasteiger partial charge in [0.2, 0.25) is 0 Å². The Labute approximate surface area is 172 Å². The molecule has 5 nitrogen and oxygen atoms in total. The summed E-state index contributed by atoms with van der Waals surface area (Å²) in [4.78, 5) is 12.3. The van der Waals surface area contributed by atoms with Crippen LogP contribution in [0.2, 0.25) is 0 Å². The number of halogens is 3. The van der Waals surface area contributed by atoms with Crippen molar-refractivity contribution in [1.82, 2.24) is 5.32 Å². The minimum atomic E-state index is -2.14. The summed E-state index contributed by atoms with van der Waals surface area (Å²) in [7, 11) is 0. The molecule has 2 aromatic carbocycles. The smallest absolute Gasteiger partial charge is 0.418 e. The van der Waals surface area contributed by atoms with Crippen LogP contribution in [0.3, 0.4) is 0 Å². The SMILES string of the molecule is CC(C)(C)c1ccc2c(c1)OC(NC(=O)Oc1ccccc1)(C(Cl)(Cl)Cl)O2. The van der Waals surface area contributed by atoms with Gasteiger partial charge in [0, 0.05) is 0 Å². The molecule has 1 aliphatic rings. The van der Waals surface area contributed by atoms with Crippen LogP contribution in [0.4, 0.5) is 4.79 Å². The molecule has 27 heavy (non-hydrogen) atoms. The zero-order chi connectivity index (χ0) is 19.9. The van der Waals surface area contributed by atoms with E-state index in [9.17, 15) is 4.79 Å². The van der Waals surface area contributed by atoms with Crippen LogP contribution in [-0.2, 0) is 5.41 Å². The van der Waals surface area contributed by atoms with Crippen LogP contribution in [-0.4, -0.2) is 15.8 Å². The number of hydrogen-bond acceptors (Lipinski definition) is 4. The van der Waals surface area contributed by atoms with Gasteiger partial charge in [-0.3, -0.25) is 0 Å². The Balaban J connectivity index is 1.86. The first-order valence-corrected chi connectivity index (χ1v) is 9.28. The molecule has 0 bridgehead atoms. The van der Waals surface area contributed by atoms with Crippen molar-refractivity contribution >= 4 is 40.9 Å². The van der Waals surface area contributed by atoms with Crippen LogP contribution < -0.4 is 19.5 Å². The summed E-state index contributed by atoms with van der Waals surface area (Å²) in [6.07, 6.45) is -0.892. The first kappa shape index (κ1) is 19.9. The average molecular weight is 431 g/mol. The van der Waals surface area contributed by atoms with Crippen molar-refractivity contribution in [3.8, 4) is 17.2 Å². The van der Waals surface area contributed by atoms with Crippen LogP contribution in [0, 0.1) is 0 Å². The van der Waals surface area contributed by atoms with E-state index in [1.54, 1.807) is 42.5 Å². The lowest BCUT2D eigenvalue weighted by Crippen LogP contribution is -2.64. The van der Waals surface area contributed by atoms with Gasteiger partial charge in [0.05, 0.1) is 0 Å². The number of ether oxygens (including phenoxy) is 3. The van der Waals surface area contributed by atoms with Crippen molar-refractivity contribution in [2.24, 2.45) is 0 Å². The van der Waals surface area contributed by atoms with E-state index in [2.05, 4.69) is 26.1 Å². The number of carbonyl (C=O) groups is 1. The maximum atomic E-state index is 12.3. The second-order valence-electron chi connectivity index (χ2n) is 7.06. The van der Waals surface area contributed by atoms with Crippen LogP contribution in [0.5, 0.6) is 17.2 Å². The molecule has 0 radical (unpaired) electrons. The third kappa shape index (κ3) is 4.21. The van der Waals surface area contributed by atoms with Gasteiger partial charge in [0.15, 0.2) is 11.5 Å². The van der Waals surface area contributed by atoms with Crippen molar-refractivity contribution in [2.45, 2.75) is 35.9 Å². The fourth-order valence-electron chi connectivity index (χ4n) is 2.46. The van der Waals surface area contributed by atoms with Crippen molar-refractivity contribution in [1.29, 1.82) is 0 Å². The van der Waals surface area contributed by atoms with Gasteiger partial charge in [-0.15, -0.1) is 0 Å². The van der Waals surface area contributed by atoms with E-state index in [4.69, 9.17) is 49.0 Å². The molecular weight excluding hydrogens is 413 g/mol. The topological polar surface area (TPSA) is 56.8 Å². The second kappa shape index (κ2) is 6.97. The number of amides is 1. The number of nitrogens with one attached hydrogen (secondary N) is 1. The molecule has 8 heteroatoms. The minimum Gasteiger partial charge on any atom is -0.428 e. The highest BCUT2D eigenvalue weighted by Crippen LogP contribution is 2.49. The van der Waals surface area contributed by atoms with Gasteiger partial charge in [-0.25, -0.2) is 10.1 Å². The van der Waals surface area contributed by atoms with E-state index in [0.717, 1.165) is 5.56 Å². The number of alkyl halides is 3. The van der Waals surface area contributed by atoms with Crippen LogP contribution in [0.25, 0.3) is 0 Å². The molecule has 3 rings (SSSR count). The summed E-state index contributed by atoms with van der Waals surface area (Å²) in [5, 5.41) is 2.38. The van der Waals surface area contributed by atoms with Crippen molar-refractivity contribution in [2.75, 3.05) is 0 Å². The van der Waals surface area contributed by atoms with Crippen LogP contribution in [0.1, 0.15) is 26.3 Å². The van der Waals surface area contributed by atoms with Crippen molar-refractivity contribution in [3.05, 3.63) is 54.1 Å². The molecule has 1 heterocycles. The summed E-state index contributed by atoms with van der Waals surface area (Å²) in [6.45, 7) is 6.17. The van der Waals surface area contributed by atoms with E-state index in [0.29, 0.717) is 17.2 Å². The van der Waals surface area contributed by atoms with Crippen molar-refractivity contribution < 1.29 is 19.0 Å². The fourth-order valence-corrected chi connectivity index (χ4v) is 2.84. The highest BCUT2D eigenvalue weighted by molar-refractivity contribution is 6.68. The lowest BCUT2D eigenvalue weighted by Gasteiger charge is -2.33. The highest BCUT2D eigenvalue weighted by atomic mass is 35.6. The summed E-state index contributed by atoms with van der Waals surface area (Å²) < 4.78 is 14.5. The summed E-state index contributed by atoms with van der Waals surface area (Å²) in [6, 6.07) is 13.8. The highest BCUT2D eigenvalue weighted by Gasteiger charge is 2.60. The molecule has 2 aromatic rings. The van der Waals surface area contributed by atoms with E-state index in [1.807, 2.05) is 6.07 Å². The molecule has 0 aliphatic carbocycles. The molecule has 1 aliphatic heterocycles. The van der Waals surface area contributed by atoms with Gasteiger partial charge in [-0.05, 0) is 35.2 Å². The van der Waals surface area contributed by atoms with Crippen molar-refractivity contribution in [3.63, 3.8) is 0 Å². The molecule has 144 valence electrons. The maximum Gasteiger partial charge on any atom is 0.418 e. The zero-order valence-electron chi connectivity index (χ0n) is 14.9. The Bertz CT molecular complexity index is 846. The average Bonchev–Trinajstić information content (AvgIpc) is 2.93. The Morgan fingerprint density at radius 3 is 2.22 bits per heavy atom. The Kier molecular flexibility index (Phi) is 5.14. The predicted octanol–water partition coefficient (Wildman–Crippen LogP) is 5.57. The number of fused-ring (bicyclic) bond motifs is 1. The largest absolute Gasteiger partial charge is 0.428 e. The number of para-hydroxylation sites is 1. The first-order chi connectivity index (χ1) is 12.5. The molecule has 0 spiro atoms. The van der Waals surface area contributed by atoms with Crippen LogP contribution >= 0.6 is 34.8 Å². The number of hydrogen-bond donors (Lipinski definition) is 1. The molecule has 0 saturated heterocycles. The van der Waals surface area contributed by atoms with Gasteiger partial charge in [0.1, 0.15) is 5.75 Å². The molecule has 0 saturated carbocycles. The lowest BCUT2D eigenvalue weighted by molar-refractivity contribution is -0.0964. The van der Waals surface area contributed by atoms with E-state index < -0.39 is 15.8 Å². The first-order valence-electron chi connectivity index (χ1n) is 8.14. The van der Waals surface area contributed by atoms with E-state index in [1.165, 1.54) is 0 Å². The summed E-state index contributed by atoms with van der Waals surface area (Å²) >= 11 is 18.2. The molecule has 0 aromatic heterocycles. The monoisotopic (exact) mass is 429 g/mol. The number of rotatable bonds is 2. The summed E-state index contributed by atoms with van der Waals surface area (Å²) in [5.41, 5.74) is 0.875.